The maximum atomic E-state index is 11.6. The molecule has 0 aliphatic rings. The SMILES string of the molecule is CC(CCCO)NC(=O)C(F)F. The highest BCUT2D eigenvalue weighted by atomic mass is 19.3. The second-order valence-corrected chi connectivity index (χ2v) is 2.58. The van der Waals surface area contributed by atoms with Crippen LogP contribution in [-0.4, -0.2) is 30.1 Å². The fourth-order valence-corrected chi connectivity index (χ4v) is 0.775. The summed E-state index contributed by atoms with van der Waals surface area (Å²) in [5.41, 5.74) is 0. The third kappa shape index (κ3) is 5.01. The first-order valence-electron chi connectivity index (χ1n) is 3.77. The van der Waals surface area contributed by atoms with Crippen molar-refractivity contribution in [3.05, 3.63) is 0 Å². The van der Waals surface area contributed by atoms with Crippen LogP contribution in [0.5, 0.6) is 0 Å². The largest absolute Gasteiger partial charge is 0.396 e. The van der Waals surface area contributed by atoms with Crippen LogP contribution in [0.15, 0.2) is 0 Å². The molecule has 2 N–H and O–H groups in total. The molecule has 0 fully saturated rings. The van der Waals surface area contributed by atoms with Gasteiger partial charge in [0.05, 0.1) is 0 Å². The number of nitrogens with one attached hydrogen (secondary N) is 1. The number of carbonyl (C=O) groups is 1. The smallest absolute Gasteiger partial charge is 0.315 e. The lowest BCUT2D eigenvalue weighted by Gasteiger charge is -2.12. The molecule has 1 atom stereocenters. The number of halogens is 2. The van der Waals surface area contributed by atoms with E-state index >= 15 is 0 Å². The molecule has 0 spiro atoms. The quantitative estimate of drug-likeness (QED) is 0.650. The Labute approximate surface area is 69.8 Å². The van der Waals surface area contributed by atoms with Crippen LogP contribution < -0.4 is 5.32 Å². The molecular formula is C7H13F2NO2. The van der Waals surface area contributed by atoms with Gasteiger partial charge in [0.1, 0.15) is 0 Å². The summed E-state index contributed by atoms with van der Waals surface area (Å²) >= 11 is 0. The number of aliphatic hydroxyl groups excluding tert-OH is 1. The zero-order valence-electron chi connectivity index (χ0n) is 6.89. The summed E-state index contributed by atoms with van der Waals surface area (Å²) in [5, 5.41) is 10.5. The molecule has 1 unspecified atom stereocenters. The minimum absolute atomic E-state index is 0.00882. The summed E-state index contributed by atoms with van der Waals surface area (Å²) in [6, 6.07) is -0.307. The molecule has 0 aliphatic heterocycles. The molecule has 0 aliphatic carbocycles. The third-order valence-electron chi connectivity index (χ3n) is 1.38. The minimum atomic E-state index is -2.96. The molecule has 5 heteroatoms. The van der Waals surface area contributed by atoms with Gasteiger partial charge in [-0.3, -0.25) is 4.79 Å². The Hall–Kier alpha value is -0.710. The first-order valence-corrected chi connectivity index (χ1v) is 3.77. The van der Waals surface area contributed by atoms with Crippen LogP contribution in [0.2, 0.25) is 0 Å². The monoisotopic (exact) mass is 181 g/mol. The van der Waals surface area contributed by atoms with Crippen molar-refractivity contribution in [2.45, 2.75) is 32.2 Å². The molecule has 0 radical (unpaired) electrons. The van der Waals surface area contributed by atoms with Crippen LogP contribution >= 0.6 is 0 Å². The van der Waals surface area contributed by atoms with Crippen molar-refractivity contribution < 1.29 is 18.7 Å². The summed E-state index contributed by atoms with van der Waals surface area (Å²) in [7, 11) is 0. The zero-order chi connectivity index (χ0) is 9.56. The third-order valence-corrected chi connectivity index (χ3v) is 1.38. The van der Waals surface area contributed by atoms with Crippen molar-refractivity contribution in [1.82, 2.24) is 5.32 Å². The average Bonchev–Trinajstić information content (AvgIpc) is 2.00. The Morgan fingerprint density at radius 3 is 2.58 bits per heavy atom. The first kappa shape index (κ1) is 11.3. The second kappa shape index (κ2) is 5.88. The predicted molar refractivity (Wildman–Crippen MR) is 39.9 cm³/mol. The Balaban J connectivity index is 3.54. The summed E-state index contributed by atoms with van der Waals surface area (Å²) in [5.74, 6) is -1.25. The molecule has 0 aromatic rings. The van der Waals surface area contributed by atoms with Gasteiger partial charge in [-0.2, -0.15) is 8.78 Å². The van der Waals surface area contributed by atoms with E-state index in [1.807, 2.05) is 0 Å². The van der Waals surface area contributed by atoms with Gasteiger partial charge in [0.15, 0.2) is 0 Å². The number of rotatable bonds is 5. The summed E-state index contributed by atoms with van der Waals surface area (Å²) in [6.07, 6.45) is -1.94. The van der Waals surface area contributed by atoms with Gasteiger partial charge in [0.2, 0.25) is 0 Å². The maximum Gasteiger partial charge on any atom is 0.315 e. The average molecular weight is 181 g/mol. The van der Waals surface area contributed by atoms with Crippen molar-refractivity contribution in [2.75, 3.05) is 6.61 Å². The fraction of sp³-hybridized carbons (Fsp3) is 0.857. The Bertz CT molecular complexity index is 141. The molecule has 0 heterocycles. The number of alkyl halides is 2. The Morgan fingerprint density at radius 1 is 1.58 bits per heavy atom. The van der Waals surface area contributed by atoms with Crippen molar-refractivity contribution in [2.24, 2.45) is 0 Å². The molecule has 0 aromatic heterocycles. The van der Waals surface area contributed by atoms with E-state index in [2.05, 4.69) is 5.32 Å². The molecule has 0 bridgehead atoms. The molecular weight excluding hydrogens is 168 g/mol. The molecule has 1 amide bonds. The van der Waals surface area contributed by atoms with Gasteiger partial charge in [-0.15, -0.1) is 0 Å². The van der Waals surface area contributed by atoms with Gasteiger partial charge >= 0.3 is 6.43 Å². The van der Waals surface area contributed by atoms with Gasteiger partial charge in [0, 0.05) is 12.6 Å². The van der Waals surface area contributed by atoms with E-state index in [-0.39, 0.29) is 12.6 Å². The summed E-state index contributed by atoms with van der Waals surface area (Å²) < 4.78 is 23.3. The molecule has 0 saturated carbocycles. The van der Waals surface area contributed by atoms with Crippen LogP contribution in [0, 0.1) is 0 Å². The van der Waals surface area contributed by atoms with Gasteiger partial charge < -0.3 is 10.4 Å². The highest BCUT2D eigenvalue weighted by Gasteiger charge is 2.16. The zero-order valence-corrected chi connectivity index (χ0v) is 6.89. The van der Waals surface area contributed by atoms with Gasteiger partial charge in [0.25, 0.3) is 5.91 Å². The van der Waals surface area contributed by atoms with Crippen molar-refractivity contribution in [1.29, 1.82) is 0 Å². The van der Waals surface area contributed by atoms with Gasteiger partial charge in [-0.05, 0) is 19.8 Å². The number of aliphatic hydroxyl groups is 1. The molecule has 12 heavy (non-hydrogen) atoms. The van der Waals surface area contributed by atoms with Crippen LogP contribution in [0.1, 0.15) is 19.8 Å². The lowest BCUT2D eigenvalue weighted by molar-refractivity contribution is -0.132. The van der Waals surface area contributed by atoms with Crippen molar-refractivity contribution >= 4 is 5.91 Å². The highest BCUT2D eigenvalue weighted by Crippen LogP contribution is 1.98. The van der Waals surface area contributed by atoms with E-state index in [4.69, 9.17) is 5.11 Å². The molecule has 0 rings (SSSR count). The van der Waals surface area contributed by atoms with Gasteiger partial charge in [-0.25, -0.2) is 0 Å². The molecule has 3 nitrogen and oxygen atoms in total. The van der Waals surface area contributed by atoms with Crippen LogP contribution in [0.3, 0.4) is 0 Å². The van der Waals surface area contributed by atoms with E-state index < -0.39 is 12.3 Å². The van der Waals surface area contributed by atoms with E-state index in [1.54, 1.807) is 6.92 Å². The summed E-state index contributed by atoms with van der Waals surface area (Å²) in [4.78, 5) is 10.4. The van der Waals surface area contributed by atoms with E-state index in [0.717, 1.165) is 0 Å². The fourth-order valence-electron chi connectivity index (χ4n) is 0.775. The van der Waals surface area contributed by atoms with Crippen LogP contribution in [0.25, 0.3) is 0 Å². The van der Waals surface area contributed by atoms with E-state index in [9.17, 15) is 13.6 Å². The number of amides is 1. The Morgan fingerprint density at radius 2 is 2.17 bits per heavy atom. The number of hydrogen-bond acceptors (Lipinski definition) is 2. The standard InChI is InChI=1S/C7H13F2NO2/c1-5(3-2-4-11)10-7(12)6(8)9/h5-6,11H,2-4H2,1H3,(H,10,12). The van der Waals surface area contributed by atoms with Crippen molar-refractivity contribution in [3.8, 4) is 0 Å². The normalized spacial score (nSPS) is 13.1. The first-order chi connectivity index (χ1) is 5.57. The molecule has 0 saturated heterocycles. The molecule has 72 valence electrons. The lowest BCUT2D eigenvalue weighted by Crippen LogP contribution is -2.36. The Kier molecular flexibility index (Phi) is 5.53. The second-order valence-electron chi connectivity index (χ2n) is 2.58. The topological polar surface area (TPSA) is 49.3 Å². The van der Waals surface area contributed by atoms with Crippen LogP contribution in [0.4, 0.5) is 8.78 Å². The maximum absolute atomic E-state index is 11.6. The molecule has 0 aromatic carbocycles. The van der Waals surface area contributed by atoms with Gasteiger partial charge in [-0.1, -0.05) is 0 Å². The van der Waals surface area contributed by atoms with Crippen molar-refractivity contribution in [3.63, 3.8) is 0 Å². The van der Waals surface area contributed by atoms with Crippen LogP contribution in [-0.2, 0) is 4.79 Å². The van der Waals surface area contributed by atoms with E-state index in [1.165, 1.54) is 0 Å². The minimum Gasteiger partial charge on any atom is -0.396 e. The highest BCUT2D eigenvalue weighted by molar-refractivity contribution is 5.79. The lowest BCUT2D eigenvalue weighted by atomic mass is 10.2. The van der Waals surface area contributed by atoms with E-state index in [0.29, 0.717) is 12.8 Å². The predicted octanol–water partition coefficient (Wildman–Crippen LogP) is 0.529. The summed E-state index contributed by atoms with van der Waals surface area (Å²) in [6.45, 7) is 1.63. The number of hydrogen-bond donors (Lipinski definition) is 2. The number of carbonyl (C=O) groups excluding carboxylic acids is 1.